The number of nitrogens with zero attached hydrogens (tertiary/aromatic N) is 3. The summed E-state index contributed by atoms with van der Waals surface area (Å²) in [5.74, 6) is -2.85. The van der Waals surface area contributed by atoms with Crippen LogP contribution in [0.1, 0.15) is 13.3 Å². The van der Waals surface area contributed by atoms with Gasteiger partial charge in [0.25, 0.3) is 5.92 Å². The second kappa shape index (κ2) is 5.21. The van der Waals surface area contributed by atoms with Crippen LogP contribution in [0.25, 0.3) is 0 Å². The molecule has 0 saturated heterocycles. The normalized spacial score (nSPS) is 13.4. The van der Waals surface area contributed by atoms with Crippen molar-refractivity contribution in [2.45, 2.75) is 31.9 Å². The van der Waals surface area contributed by atoms with Gasteiger partial charge in [0.05, 0.1) is 25.0 Å². The van der Waals surface area contributed by atoms with E-state index in [9.17, 15) is 8.78 Å². The average molecular weight is 227 g/mol. The molecule has 7 heteroatoms. The largest absolute Gasteiger partial charge is 0.321 e. The van der Waals surface area contributed by atoms with E-state index in [1.807, 2.05) is 0 Å². The Morgan fingerprint density at radius 1 is 1.43 bits per heavy atom. The van der Waals surface area contributed by atoms with Crippen LogP contribution >= 0.6 is 12.4 Å². The van der Waals surface area contributed by atoms with Gasteiger partial charge in [-0.25, -0.2) is 8.78 Å². The van der Waals surface area contributed by atoms with Crippen molar-refractivity contribution in [1.82, 2.24) is 15.0 Å². The number of halogens is 3. The van der Waals surface area contributed by atoms with Crippen LogP contribution in [-0.2, 0) is 6.54 Å². The van der Waals surface area contributed by atoms with Crippen LogP contribution in [0.15, 0.2) is 12.4 Å². The molecule has 2 N–H and O–H groups in total. The average Bonchev–Trinajstić information content (AvgIpc) is 2.57. The minimum atomic E-state index is -2.85. The predicted molar refractivity (Wildman–Crippen MR) is 50.5 cm³/mol. The maximum absolute atomic E-state index is 12.9. The summed E-state index contributed by atoms with van der Waals surface area (Å²) in [6, 6.07) is -1.23. The van der Waals surface area contributed by atoms with Gasteiger partial charge in [0.2, 0.25) is 0 Å². The molecule has 1 aromatic heterocycles. The topological polar surface area (TPSA) is 56.7 Å². The molecule has 0 spiro atoms. The van der Waals surface area contributed by atoms with E-state index in [0.29, 0.717) is 0 Å². The summed E-state index contributed by atoms with van der Waals surface area (Å²) in [6.07, 6.45) is 2.59. The molecule has 0 fully saturated rings. The van der Waals surface area contributed by atoms with Crippen LogP contribution in [0.4, 0.5) is 8.78 Å². The Hall–Kier alpha value is -0.750. The van der Waals surface area contributed by atoms with Crippen LogP contribution in [0.2, 0.25) is 0 Å². The highest BCUT2D eigenvalue weighted by Gasteiger charge is 2.35. The van der Waals surface area contributed by atoms with E-state index < -0.39 is 12.0 Å². The first-order valence-electron chi connectivity index (χ1n) is 4.03. The van der Waals surface area contributed by atoms with Crippen LogP contribution in [-0.4, -0.2) is 27.0 Å². The predicted octanol–water partition coefficient (Wildman–Crippen LogP) is 1.07. The van der Waals surface area contributed by atoms with Crippen molar-refractivity contribution in [3.8, 4) is 0 Å². The van der Waals surface area contributed by atoms with Gasteiger partial charge in [0, 0.05) is 6.42 Å². The third-order valence-electron chi connectivity index (χ3n) is 1.84. The molecule has 82 valence electrons. The van der Waals surface area contributed by atoms with E-state index in [2.05, 4.69) is 10.2 Å². The number of alkyl halides is 2. The van der Waals surface area contributed by atoms with Crippen molar-refractivity contribution in [2.24, 2.45) is 5.73 Å². The van der Waals surface area contributed by atoms with Crippen molar-refractivity contribution in [3.05, 3.63) is 12.4 Å². The first-order chi connectivity index (χ1) is 6.06. The molecule has 0 aliphatic carbocycles. The number of hydrogen-bond donors (Lipinski definition) is 1. The molecule has 1 rings (SSSR count). The summed E-state index contributed by atoms with van der Waals surface area (Å²) in [5.41, 5.74) is 5.30. The van der Waals surface area contributed by atoms with E-state index in [1.165, 1.54) is 19.3 Å². The maximum atomic E-state index is 12.9. The van der Waals surface area contributed by atoms with Gasteiger partial charge in [-0.2, -0.15) is 15.0 Å². The van der Waals surface area contributed by atoms with Gasteiger partial charge >= 0.3 is 0 Å². The maximum Gasteiger partial charge on any atom is 0.264 e. The molecule has 1 aromatic rings. The molecule has 0 bridgehead atoms. The zero-order valence-corrected chi connectivity index (χ0v) is 8.55. The van der Waals surface area contributed by atoms with Crippen molar-refractivity contribution in [3.63, 3.8) is 0 Å². The Morgan fingerprint density at radius 2 is 1.93 bits per heavy atom. The van der Waals surface area contributed by atoms with Gasteiger partial charge in [0.1, 0.15) is 0 Å². The van der Waals surface area contributed by atoms with E-state index >= 15 is 0 Å². The summed E-state index contributed by atoms with van der Waals surface area (Å²) in [6.45, 7) is 1.34. The Morgan fingerprint density at radius 3 is 2.36 bits per heavy atom. The lowest BCUT2D eigenvalue weighted by molar-refractivity contribution is -0.0351. The molecule has 0 aliphatic rings. The molecule has 1 heterocycles. The van der Waals surface area contributed by atoms with Gasteiger partial charge in [-0.1, -0.05) is 6.92 Å². The smallest absolute Gasteiger partial charge is 0.264 e. The van der Waals surface area contributed by atoms with Crippen molar-refractivity contribution in [1.29, 1.82) is 0 Å². The number of rotatable bonds is 4. The first-order valence-corrected chi connectivity index (χ1v) is 4.03. The van der Waals surface area contributed by atoms with Crippen LogP contribution in [0.3, 0.4) is 0 Å². The second-order valence-electron chi connectivity index (χ2n) is 2.81. The fourth-order valence-electron chi connectivity index (χ4n) is 0.909. The standard InChI is InChI=1S/C7H12F2N4.ClH/c1-2-7(8,9)6(10)5-13-11-3-4-12-13;/h3-4,6H,2,5,10H2,1H3;1H/t6-;/m1./s1. The van der Waals surface area contributed by atoms with Crippen molar-refractivity contribution < 1.29 is 8.78 Å². The monoisotopic (exact) mass is 226 g/mol. The summed E-state index contributed by atoms with van der Waals surface area (Å²) in [7, 11) is 0. The Bertz CT molecular complexity index is 252. The molecule has 1 atom stereocenters. The second-order valence-corrected chi connectivity index (χ2v) is 2.81. The molecule has 0 radical (unpaired) electrons. The molecule has 0 aromatic carbocycles. The van der Waals surface area contributed by atoms with Gasteiger partial charge < -0.3 is 5.73 Å². The Labute approximate surface area is 86.9 Å². The third-order valence-corrected chi connectivity index (χ3v) is 1.84. The molecule has 0 saturated carbocycles. The van der Waals surface area contributed by atoms with Crippen LogP contribution in [0.5, 0.6) is 0 Å². The van der Waals surface area contributed by atoms with Crippen LogP contribution in [0, 0.1) is 0 Å². The molecular formula is C7H13ClF2N4. The van der Waals surface area contributed by atoms with E-state index in [1.54, 1.807) is 0 Å². The number of aromatic nitrogens is 3. The van der Waals surface area contributed by atoms with Crippen molar-refractivity contribution in [2.75, 3.05) is 0 Å². The van der Waals surface area contributed by atoms with Crippen molar-refractivity contribution >= 4 is 12.4 Å². The minimum Gasteiger partial charge on any atom is -0.321 e. The summed E-state index contributed by atoms with van der Waals surface area (Å²) in [5, 5.41) is 7.39. The van der Waals surface area contributed by atoms with E-state index in [4.69, 9.17) is 5.73 Å². The van der Waals surface area contributed by atoms with Gasteiger partial charge in [-0.05, 0) is 0 Å². The molecule has 14 heavy (non-hydrogen) atoms. The number of hydrogen-bond acceptors (Lipinski definition) is 3. The van der Waals surface area contributed by atoms with E-state index in [0.717, 1.165) is 4.80 Å². The first kappa shape index (κ1) is 13.2. The zero-order chi connectivity index (χ0) is 9.90. The molecule has 4 nitrogen and oxygen atoms in total. The third kappa shape index (κ3) is 3.19. The lowest BCUT2D eigenvalue weighted by Gasteiger charge is -2.21. The summed E-state index contributed by atoms with van der Waals surface area (Å²) < 4.78 is 25.9. The SMILES string of the molecule is CCC(F)(F)[C@H](N)Cn1nccn1.Cl. The zero-order valence-electron chi connectivity index (χ0n) is 7.73. The minimum absolute atomic E-state index is 0. The highest BCUT2D eigenvalue weighted by molar-refractivity contribution is 5.85. The highest BCUT2D eigenvalue weighted by atomic mass is 35.5. The summed E-state index contributed by atoms with van der Waals surface area (Å²) in [4.78, 5) is 1.16. The van der Waals surface area contributed by atoms with E-state index in [-0.39, 0.29) is 25.4 Å². The fraction of sp³-hybridized carbons (Fsp3) is 0.714. The fourth-order valence-corrected chi connectivity index (χ4v) is 0.909. The lowest BCUT2D eigenvalue weighted by atomic mass is 10.1. The lowest BCUT2D eigenvalue weighted by Crippen LogP contribution is -2.44. The van der Waals surface area contributed by atoms with Crippen LogP contribution < -0.4 is 5.73 Å². The molecule has 0 amide bonds. The Balaban J connectivity index is 0.00000169. The quantitative estimate of drug-likeness (QED) is 0.836. The van der Waals surface area contributed by atoms with Gasteiger partial charge in [-0.15, -0.1) is 12.4 Å². The molecular weight excluding hydrogens is 214 g/mol. The Kier molecular flexibility index (Phi) is 4.93. The van der Waals surface area contributed by atoms with Gasteiger partial charge in [-0.3, -0.25) is 0 Å². The number of nitrogens with two attached hydrogens (primary N) is 1. The molecule has 0 aliphatic heterocycles. The highest BCUT2D eigenvalue weighted by Crippen LogP contribution is 2.21. The van der Waals surface area contributed by atoms with Gasteiger partial charge in [0.15, 0.2) is 0 Å². The summed E-state index contributed by atoms with van der Waals surface area (Å²) >= 11 is 0. The molecule has 0 unspecified atom stereocenters.